The first-order chi connectivity index (χ1) is 7.21. The third-order valence-electron chi connectivity index (χ3n) is 1.43. The van der Waals surface area contributed by atoms with Crippen molar-refractivity contribution in [3.63, 3.8) is 0 Å². The first-order valence-corrected chi connectivity index (χ1v) is 4.85. The summed E-state index contributed by atoms with van der Waals surface area (Å²) in [6, 6.07) is 1.13. The number of halogens is 7. The van der Waals surface area contributed by atoms with Gasteiger partial charge in [0.2, 0.25) is 5.17 Å². The van der Waals surface area contributed by atoms with Crippen molar-refractivity contribution < 1.29 is 22.0 Å². The fraction of sp³-hybridized carbons (Fsp3) is 0.125. The lowest BCUT2D eigenvalue weighted by Gasteiger charge is -2.05. The molecule has 88 valence electrons. The van der Waals surface area contributed by atoms with Gasteiger partial charge in [0, 0.05) is 12.1 Å². The molecule has 1 rings (SSSR count). The standard InChI is InChI=1S/C8H2BrClF5N/c9-6-4(12)1-3(11)2-5(6)16-7(10)8(13,14)15/h1-2H. The molecule has 0 fully saturated rings. The van der Waals surface area contributed by atoms with Crippen LogP contribution in [0.5, 0.6) is 0 Å². The lowest BCUT2D eigenvalue weighted by molar-refractivity contribution is -0.0558. The van der Waals surface area contributed by atoms with Gasteiger partial charge in [-0.1, -0.05) is 11.6 Å². The Kier molecular flexibility index (Phi) is 3.90. The fourth-order valence-corrected chi connectivity index (χ4v) is 1.20. The highest BCUT2D eigenvalue weighted by Crippen LogP contribution is 2.32. The average Bonchev–Trinajstić information content (AvgIpc) is 2.11. The molecule has 0 unspecified atom stereocenters. The van der Waals surface area contributed by atoms with E-state index in [9.17, 15) is 22.0 Å². The predicted octanol–water partition coefficient (Wildman–Crippen LogP) is 4.56. The second kappa shape index (κ2) is 4.67. The second-order valence-corrected chi connectivity index (χ2v) is 3.77. The molecule has 1 aromatic rings. The van der Waals surface area contributed by atoms with E-state index in [0.29, 0.717) is 12.1 Å². The quantitative estimate of drug-likeness (QED) is 0.408. The first-order valence-electron chi connectivity index (χ1n) is 3.67. The molecule has 0 aromatic heterocycles. The molecule has 0 atom stereocenters. The van der Waals surface area contributed by atoms with Gasteiger partial charge in [-0.25, -0.2) is 13.8 Å². The Bertz CT molecular complexity index is 443. The predicted molar refractivity (Wildman–Crippen MR) is 53.1 cm³/mol. The molecule has 0 heterocycles. The third-order valence-corrected chi connectivity index (χ3v) is 2.51. The molecule has 0 aliphatic rings. The zero-order valence-electron chi connectivity index (χ0n) is 7.25. The lowest BCUT2D eigenvalue weighted by atomic mass is 10.3. The third kappa shape index (κ3) is 3.15. The Morgan fingerprint density at radius 3 is 2.31 bits per heavy atom. The van der Waals surface area contributed by atoms with Crippen molar-refractivity contribution in [1.82, 2.24) is 0 Å². The summed E-state index contributed by atoms with van der Waals surface area (Å²) in [4.78, 5) is 2.88. The van der Waals surface area contributed by atoms with E-state index in [1.165, 1.54) is 0 Å². The van der Waals surface area contributed by atoms with Crippen LogP contribution in [0.15, 0.2) is 21.6 Å². The molecular weight excluding hydrogens is 320 g/mol. The van der Waals surface area contributed by atoms with Gasteiger partial charge in [0.05, 0.1) is 10.2 Å². The molecule has 1 aromatic carbocycles. The van der Waals surface area contributed by atoms with Crippen LogP contribution in [0, 0.1) is 11.6 Å². The molecule has 1 nitrogen and oxygen atoms in total. The van der Waals surface area contributed by atoms with Crippen molar-refractivity contribution >= 4 is 38.4 Å². The summed E-state index contributed by atoms with van der Waals surface area (Å²) < 4.78 is 61.2. The highest BCUT2D eigenvalue weighted by atomic mass is 79.9. The number of benzene rings is 1. The summed E-state index contributed by atoms with van der Waals surface area (Å²) in [7, 11) is 0. The van der Waals surface area contributed by atoms with E-state index in [4.69, 9.17) is 11.6 Å². The minimum atomic E-state index is -4.86. The van der Waals surface area contributed by atoms with Gasteiger partial charge >= 0.3 is 6.18 Å². The maximum absolute atomic E-state index is 12.9. The molecule has 0 N–H and O–H groups in total. The topological polar surface area (TPSA) is 12.4 Å². The van der Waals surface area contributed by atoms with Gasteiger partial charge in [-0.15, -0.1) is 0 Å². The SMILES string of the molecule is Fc1cc(F)c(Br)c(N=C(Cl)C(F)(F)F)c1. The Morgan fingerprint density at radius 1 is 1.25 bits per heavy atom. The molecule has 16 heavy (non-hydrogen) atoms. The van der Waals surface area contributed by atoms with Crippen molar-refractivity contribution in [2.24, 2.45) is 4.99 Å². The van der Waals surface area contributed by atoms with Gasteiger partial charge in [0.15, 0.2) is 0 Å². The van der Waals surface area contributed by atoms with Crippen molar-refractivity contribution in [2.45, 2.75) is 6.18 Å². The molecule has 0 saturated heterocycles. The Morgan fingerprint density at radius 2 is 1.81 bits per heavy atom. The average molecular weight is 322 g/mol. The van der Waals surface area contributed by atoms with Crippen molar-refractivity contribution in [2.75, 3.05) is 0 Å². The van der Waals surface area contributed by atoms with E-state index in [2.05, 4.69) is 20.9 Å². The molecule has 8 heteroatoms. The van der Waals surface area contributed by atoms with E-state index in [0.717, 1.165) is 0 Å². The fourth-order valence-electron chi connectivity index (χ4n) is 0.793. The molecule has 0 bridgehead atoms. The normalized spacial score (nSPS) is 13.1. The van der Waals surface area contributed by atoms with Gasteiger partial charge in [0.25, 0.3) is 0 Å². The minimum Gasteiger partial charge on any atom is -0.231 e. The van der Waals surface area contributed by atoms with Crippen LogP contribution in [0.2, 0.25) is 0 Å². The summed E-state index contributed by atoms with van der Waals surface area (Å²) in [5.74, 6) is -2.11. The van der Waals surface area contributed by atoms with Crippen LogP contribution in [0.4, 0.5) is 27.6 Å². The van der Waals surface area contributed by atoms with Gasteiger partial charge in [-0.3, -0.25) is 0 Å². The van der Waals surface area contributed by atoms with E-state index >= 15 is 0 Å². The number of hydrogen-bond donors (Lipinski definition) is 0. The van der Waals surface area contributed by atoms with Crippen LogP contribution in [0.1, 0.15) is 0 Å². The molecule has 0 spiro atoms. The number of hydrogen-bond acceptors (Lipinski definition) is 1. The van der Waals surface area contributed by atoms with Crippen molar-refractivity contribution in [3.05, 3.63) is 28.2 Å². The Labute approximate surface area is 100 Å². The number of alkyl halides is 3. The Balaban J connectivity index is 3.25. The molecule has 0 radical (unpaired) electrons. The zero-order valence-corrected chi connectivity index (χ0v) is 9.59. The van der Waals surface area contributed by atoms with Gasteiger partial charge in [-0.05, 0) is 15.9 Å². The van der Waals surface area contributed by atoms with E-state index < -0.39 is 33.1 Å². The zero-order chi connectivity index (χ0) is 12.5. The first kappa shape index (κ1) is 13.4. The molecule has 0 amide bonds. The summed E-state index contributed by atoms with van der Waals surface area (Å²) >= 11 is 7.46. The van der Waals surface area contributed by atoms with Gasteiger partial charge < -0.3 is 0 Å². The largest absolute Gasteiger partial charge is 0.444 e. The van der Waals surface area contributed by atoms with Crippen LogP contribution >= 0.6 is 27.5 Å². The van der Waals surface area contributed by atoms with Crippen LogP contribution in [0.25, 0.3) is 0 Å². The molecular formula is C8H2BrClF5N. The van der Waals surface area contributed by atoms with E-state index in [1.54, 1.807) is 0 Å². The molecule has 0 aliphatic heterocycles. The van der Waals surface area contributed by atoms with E-state index in [1.807, 2.05) is 0 Å². The maximum atomic E-state index is 12.9. The van der Waals surface area contributed by atoms with Gasteiger partial charge in [-0.2, -0.15) is 13.2 Å². The highest BCUT2D eigenvalue weighted by Gasteiger charge is 2.34. The van der Waals surface area contributed by atoms with Crippen LogP contribution in [0.3, 0.4) is 0 Å². The summed E-state index contributed by atoms with van der Waals surface area (Å²) in [5.41, 5.74) is -0.570. The smallest absolute Gasteiger partial charge is 0.231 e. The monoisotopic (exact) mass is 321 g/mol. The van der Waals surface area contributed by atoms with Crippen molar-refractivity contribution in [3.8, 4) is 0 Å². The number of rotatable bonds is 1. The number of aliphatic imine (C=N–C) groups is 1. The highest BCUT2D eigenvalue weighted by molar-refractivity contribution is 9.10. The molecule has 0 saturated carbocycles. The van der Waals surface area contributed by atoms with Crippen LogP contribution in [-0.2, 0) is 0 Å². The second-order valence-electron chi connectivity index (χ2n) is 2.62. The van der Waals surface area contributed by atoms with Crippen molar-refractivity contribution in [1.29, 1.82) is 0 Å². The maximum Gasteiger partial charge on any atom is 0.444 e. The summed E-state index contributed by atoms with van der Waals surface area (Å²) in [5, 5.41) is -1.71. The minimum absolute atomic E-state index is 0.392. The lowest BCUT2D eigenvalue weighted by Crippen LogP contribution is -2.16. The molecule has 0 aliphatic carbocycles. The summed E-state index contributed by atoms with van der Waals surface area (Å²) in [6.07, 6.45) is -4.86. The van der Waals surface area contributed by atoms with Gasteiger partial charge in [0.1, 0.15) is 11.6 Å². The number of nitrogens with zero attached hydrogens (tertiary/aromatic N) is 1. The van der Waals surface area contributed by atoms with E-state index in [-0.39, 0.29) is 0 Å². The van der Waals surface area contributed by atoms with Crippen LogP contribution in [-0.4, -0.2) is 11.3 Å². The Hall–Kier alpha value is -0.690. The summed E-state index contributed by atoms with van der Waals surface area (Å²) in [6.45, 7) is 0. The van der Waals surface area contributed by atoms with Crippen LogP contribution < -0.4 is 0 Å².